The Morgan fingerprint density at radius 2 is 2.23 bits per heavy atom. The van der Waals surface area contributed by atoms with E-state index < -0.39 is 0 Å². The quantitative estimate of drug-likeness (QED) is 0.904. The Bertz CT molecular complexity index is 747. The summed E-state index contributed by atoms with van der Waals surface area (Å²) < 4.78 is 5.04. The first kappa shape index (κ1) is 18.3. The van der Waals surface area contributed by atoms with Gasteiger partial charge >= 0.3 is 6.03 Å². The number of rotatable bonds is 4. The van der Waals surface area contributed by atoms with Crippen LogP contribution in [0.3, 0.4) is 0 Å². The van der Waals surface area contributed by atoms with Gasteiger partial charge in [-0.05, 0) is 44.9 Å². The van der Waals surface area contributed by atoms with Gasteiger partial charge in [0, 0.05) is 44.1 Å². The summed E-state index contributed by atoms with van der Waals surface area (Å²) in [6, 6.07) is 2.18. The number of nitrogens with one attached hydrogen (secondary N) is 1. The van der Waals surface area contributed by atoms with Crippen LogP contribution in [0.25, 0.3) is 0 Å². The lowest BCUT2D eigenvalue weighted by atomic mass is 10.1. The molecule has 0 spiro atoms. The highest BCUT2D eigenvalue weighted by Crippen LogP contribution is 2.19. The Labute approximate surface area is 153 Å². The average molecular weight is 358 g/mol. The van der Waals surface area contributed by atoms with Gasteiger partial charge in [-0.25, -0.2) is 4.79 Å². The monoisotopic (exact) mass is 358 g/mol. The number of amides is 2. The number of hydrogen-bond acceptors (Lipinski definition) is 6. The Balaban J connectivity index is 1.54. The molecule has 2 amide bonds. The van der Waals surface area contributed by atoms with Crippen molar-refractivity contribution in [2.75, 3.05) is 25.5 Å². The van der Waals surface area contributed by atoms with Gasteiger partial charge in [0.05, 0.1) is 6.54 Å². The zero-order valence-electron chi connectivity index (χ0n) is 15.6. The third-order valence-electron chi connectivity index (χ3n) is 4.83. The zero-order chi connectivity index (χ0) is 18.5. The minimum absolute atomic E-state index is 0.0450. The number of hydrogen-bond donors (Lipinski definition) is 1. The van der Waals surface area contributed by atoms with Crippen LogP contribution >= 0.6 is 0 Å². The number of anilines is 1. The number of urea groups is 1. The first-order valence-electron chi connectivity index (χ1n) is 8.99. The van der Waals surface area contributed by atoms with E-state index in [1.54, 1.807) is 19.3 Å². The molecule has 1 N–H and O–H groups in total. The fraction of sp³-hybridized carbons (Fsp3) is 0.556. The van der Waals surface area contributed by atoms with E-state index in [0.29, 0.717) is 24.3 Å². The van der Waals surface area contributed by atoms with Crippen molar-refractivity contribution in [1.29, 1.82) is 0 Å². The molecule has 26 heavy (non-hydrogen) atoms. The molecule has 1 aliphatic rings. The molecule has 0 aliphatic carbocycles. The Morgan fingerprint density at radius 3 is 2.96 bits per heavy atom. The third-order valence-corrected chi connectivity index (χ3v) is 4.83. The maximum absolute atomic E-state index is 12.6. The molecule has 0 aromatic carbocycles. The molecule has 1 atom stereocenters. The first-order valence-corrected chi connectivity index (χ1v) is 8.99. The summed E-state index contributed by atoms with van der Waals surface area (Å²) in [6.45, 7) is 5.89. The van der Waals surface area contributed by atoms with Crippen LogP contribution in [0.1, 0.15) is 36.5 Å². The van der Waals surface area contributed by atoms with Crippen molar-refractivity contribution in [2.24, 2.45) is 0 Å². The number of aryl methyl sites for hydroxylation is 2. The molecule has 3 heterocycles. The van der Waals surface area contributed by atoms with Gasteiger partial charge in [0.2, 0.25) is 5.89 Å². The molecule has 1 fully saturated rings. The molecule has 8 heteroatoms. The third kappa shape index (κ3) is 4.57. The van der Waals surface area contributed by atoms with Gasteiger partial charge in [-0.3, -0.25) is 9.88 Å². The standard InChI is InChI=1S/C18H26N6O2/c1-13-11-19-8-6-16(13)21-18(25)24-9-4-5-15(7-10-24)23(3)12-17-20-14(2)26-22-17/h6,8,11,15H,4-5,7,9-10,12H2,1-3H3,(H,19,21,25)/t15-/m1/s1. The summed E-state index contributed by atoms with van der Waals surface area (Å²) in [4.78, 5) is 25.1. The number of likely N-dealkylation sites (tertiary alicyclic amines) is 1. The van der Waals surface area contributed by atoms with E-state index in [2.05, 4.69) is 32.4 Å². The van der Waals surface area contributed by atoms with Crippen LogP contribution in [-0.2, 0) is 6.54 Å². The van der Waals surface area contributed by atoms with Crippen LogP contribution in [0.15, 0.2) is 23.0 Å². The SMILES string of the molecule is Cc1nc(CN(C)[C@@H]2CCCN(C(=O)Nc3ccncc3C)CC2)no1. The van der Waals surface area contributed by atoms with Gasteiger partial charge in [0.25, 0.3) is 0 Å². The van der Waals surface area contributed by atoms with Crippen molar-refractivity contribution < 1.29 is 9.32 Å². The predicted octanol–water partition coefficient (Wildman–Crippen LogP) is 2.60. The van der Waals surface area contributed by atoms with Crippen LogP contribution in [0.5, 0.6) is 0 Å². The van der Waals surface area contributed by atoms with Gasteiger partial charge < -0.3 is 14.7 Å². The molecular formula is C18H26N6O2. The number of carbonyl (C=O) groups excluding carboxylic acids is 1. The van der Waals surface area contributed by atoms with E-state index in [9.17, 15) is 4.79 Å². The second-order valence-corrected chi connectivity index (χ2v) is 6.84. The van der Waals surface area contributed by atoms with Gasteiger partial charge in [-0.1, -0.05) is 5.16 Å². The number of carbonyl (C=O) groups is 1. The zero-order valence-corrected chi connectivity index (χ0v) is 15.6. The van der Waals surface area contributed by atoms with E-state index >= 15 is 0 Å². The average Bonchev–Trinajstić information content (AvgIpc) is 2.87. The molecule has 0 bridgehead atoms. The smallest absolute Gasteiger partial charge is 0.321 e. The summed E-state index contributed by atoms with van der Waals surface area (Å²) in [6.07, 6.45) is 6.39. The number of aromatic nitrogens is 3. The molecule has 8 nitrogen and oxygen atoms in total. The van der Waals surface area contributed by atoms with Crippen molar-refractivity contribution in [3.8, 4) is 0 Å². The maximum Gasteiger partial charge on any atom is 0.321 e. The maximum atomic E-state index is 12.6. The lowest BCUT2D eigenvalue weighted by Crippen LogP contribution is -2.37. The van der Waals surface area contributed by atoms with Crippen LogP contribution in [0.4, 0.5) is 10.5 Å². The lowest BCUT2D eigenvalue weighted by Gasteiger charge is -2.26. The van der Waals surface area contributed by atoms with Crippen LogP contribution < -0.4 is 5.32 Å². The second kappa shape index (κ2) is 8.27. The summed E-state index contributed by atoms with van der Waals surface area (Å²) in [5, 5.41) is 6.96. The Hall–Kier alpha value is -2.48. The highest BCUT2D eigenvalue weighted by atomic mass is 16.5. The van der Waals surface area contributed by atoms with E-state index in [4.69, 9.17) is 4.52 Å². The first-order chi connectivity index (χ1) is 12.5. The summed E-state index contributed by atoms with van der Waals surface area (Å²) >= 11 is 0. The molecule has 2 aromatic heterocycles. The van der Waals surface area contributed by atoms with Crippen molar-refractivity contribution in [3.05, 3.63) is 35.7 Å². The highest BCUT2D eigenvalue weighted by Gasteiger charge is 2.24. The second-order valence-electron chi connectivity index (χ2n) is 6.84. The molecular weight excluding hydrogens is 332 g/mol. The van der Waals surface area contributed by atoms with E-state index in [-0.39, 0.29) is 6.03 Å². The van der Waals surface area contributed by atoms with Gasteiger partial charge in [0.15, 0.2) is 5.82 Å². The fourth-order valence-electron chi connectivity index (χ4n) is 3.29. The van der Waals surface area contributed by atoms with Crippen molar-refractivity contribution in [2.45, 2.75) is 45.7 Å². The minimum atomic E-state index is -0.0450. The number of pyridine rings is 1. The summed E-state index contributed by atoms with van der Waals surface area (Å²) in [5.41, 5.74) is 1.78. The molecule has 140 valence electrons. The van der Waals surface area contributed by atoms with Crippen molar-refractivity contribution in [3.63, 3.8) is 0 Å². The van der Waals surface area contributed by atoms with Crippen molar-refractivity contribution >= 4 is 11.7 Å². The van der Waals surface area contributed by atoms with E-state index in [0.717, 1.165) is 43.6 Å². The molecule has 2 aromatic rings. The Kier molecular flexibility index (Phi) is 5.82. The molecule has 0 unspecified atom stereocenters. The highest BCUT2D eigenvalue weighted by molar-refractivity contribution is 5.90. The molecule has 0 saturated carbocycles. The largest absolute Gasteiger partial charge is 0.340 e. The van der Waals surface area contributed by atoms with Crippen molar-refractivity contribution in [1.82, 2.24) is 24.9 Å². The summed E-state index contributed by atoms with van der Waals surface area (Å²) in [5.74, 6) is 1.29. The normalized spacial score (nSPS) is 18.0. The topological polar surface area (TPSA) is 87.4 Å². The van der Waals surface area contributed by atoms with Crippen LogP contribution in [-0.4, -0.2) is 57.1 Å². The fourth-order valence-corrected chi connectivity index (χ4v) is 3.29. The molecule has 1 saturated heterocycles. The van der Waals surface area contributed by atoms with Gasteiger partial charge in [-0.15, -0.1) is 0 Å². The molecule has 0 radical (unpaired) electrons. The molecule has 3 rings (SSSR count). The Morgan fingerprint density at radius 1 is 1.38 bits per heavy atom. The lowest BCUT2D eigenvalue weighted by molar-refractivity contribution is 0.197. The number of nitrogens with zero attached hydrogens (tertiary/aromatic N) is 5. The van der Waals surface area contributed by atoms with Gasteiger partial charge in [0.1, 0.15) is 0 Å². The van der Waals surface area contributed by atoms with Gasteiger partial charge in [-0.2, -0.15) is 4.98 Å². The van der Waals surface area contributed by atoms with Crippen LogP contribution in [0, 0.1) is 13.8 Å². The molecule has 1 aliphatic heterocycles. The van der Waals surface area contributed by atoms with E-state index in [1.807, 2.05) is 17.9 Å². The predicted molar refractivity (Wildman–Crippen MR) is 97.7 cm³/mol. The summed E-state index contributed by atoms with van der Waals surface area (Å²) in [7, 11) is 2.08. The van der Waals surface area contributed by atoms with E-state index in [1.165, 1.54) is 0 Å². The minimum Gasteiger partial charge on any atom is -0.340 e. The van der Waals surface area contributed by atoms with Crippen LogP contribution in [0.2, 0.25) is 0 Å².